The highest BCUT2D eigenvalue weighted by atomic mass is 79.9. The van der Waals surface area contributed by atoms with Gasteiger partial charge >= 0.3 is 12.1 Å². The van der Waals surface area contributed by atoms with Crippen molar-refractivity contribution >= 4 is 28.0 Å². The fraction of sp³-hybridized carbons (Fsp3) is 0.385. The maximum atomic E-state index is 11.8. The van der Waals surface area contributed by atoms with Gasteiger partial charge in [0.2, 0.25) is 0 Å². The quantitative estimate of drug-likeness (QED) is 0.926. The van der Waals surface area contributed by atoms with Gasteiger partial charge in [0, 0.05) is 11.0 Å². The molecule has 1 aliphatic rings. The summed E-state index contributed by atoms with van der Waals surface area (Å²) in [6.45, 7) is 0.579. The molecule has 0 radical (unpaired) electrons. The molecule has 0 aliphatic carbocycles. The van der Waals surface area contributed by atoms with Crippen molar-refractivity contribution in [1.29, 1.82) is 0 Å². The molecule has 1 unspecified atom stereocenters. The van der Waals surface area contributed by atoms with Crippen LogP contribution in [0.1, 0.15) is 18.4 Å². The van der Waals surface area contributed by atoms with E-state index >= 15 is 0 Å². The third-order valence-electron chi connectivity index (χ3n) is 3.02. The van der Waals surface area contributed by atoms with Crippen molar-refractivity contribution in [3.05, 3.63) is 34.3 Å². The van der Waals surface area contributed by atoms with Crippen LogP contribution in [0.3, 0.4) is 0 Å². The van der Waals surface area contributed by atoms with E-state index in [9.17, 15) is 9.59 Å². The van der Waals surface area contributed by atoms with Crippen molar-refractivity contribution in [1.82, 2.24) is 4.90 Å². The fourth-order valence-corrected chi connectivity index (χ4v) is 2.54. The monoisotopic (exact) mass is 327 g/mol. The smallest absolute Gasteiger partial charge is 0.410 e. The average molecular weight is 328 g/mol. The van der Waals surface area contributed by atoms with E-state index in [0.717, 1.165) is 10.0 Å². The lowest BCUT2D eigenvalue weighted by molar-refractivity contribution is -0.141. The van der Waals surface area contributed by atoms with E-state index in [1.54, 1.807) is 0 Å². The summed E-state index contributed by atoms with van der Waals surface area (Å²) < 4.78 is 6.06. The van der Waals surface area contributed by atoms with Gasteiger partial charge in [0.25, 0.3) is 0 Å². The summed E-state index contributed by atoms with van der Waals surface area (Å²) in [5.41, 5.74) is 0.855. The number of carbonyl (C=O) groups is 2. The molecule has 1 aromatic rings. The number of carbonyl (C=O) groups excluding carboxylic acids is 1. The maximum absolute atomic E-state index is 11.8. The number of aliphatic carboxylic acids is 1. The van der Waals surface area contributed by atoms with E-state index in [1.165, 1.54) is 4.90 Å². The predicted octanol–water partition coefficient (Wildman–Crippen LogP) is 2.63. The molecule has 1 heterocycles. The molecule has 1 amide bonds. The summed E-state index contributed by atoms with van der Waals surface area (Å²) in [6, 6.07) is 6.67. The SMILES string of the molecule is O=C(O)C1CCCN1C(=O)OCc1cccc(Br)c1. The van der Waals surface area contributed by atoms with Crippen molar-refractivity contribution in [3.63, 3.8) is 0 Å². The van der Waals surface area contributed by atoms with Gasteiger partial charge in [-0.05, 0) is 30.5 Å². The Hall–Kier alpha value is -1.56. The molecule has 1 fully saturated rings. The molecule has 0 bridgehead atoms. The number of carboxylic acid groups (broad SMARTS) is 1. The Labute approximate surface area is 119 Å². The Kier molecular flexibility index (Phi) is 4.42. The zero-order valence-electron chi connectivity index (χ0n) is 10.2. The molecule has 0 spiro atoms. The molecular formula is C13H14BrNO4. The molecule has 1 N–H and O–H groups in total. The van der Waals surface area contributed by atoms with Gasteiger partial charge in [0.1, 0.15) is 12.6 Å². The summed E-state index contributed by atoms with van der Waals surface area (Å²) >= 11 is 3.34. The Morgan fingerprint density at radius 3 is 2.95 bits per heavy atom. The van der Waals surface area contributed by atoms with E-state index in [2.05, 4.69) is 15.9 Å². The number of rotatable bonds is 3. The van der Waals surface area contributed by atoms with Crippen molar-refractivity contribution < 1.29 is 19.4 Å². The predicted molar refractivity (Wildman–Crippen MR) is 71.7 cm³/mol. The molecule has 1 aromatic carbocycles. The molecule has 1 atom stereocenters. The van der Waals surface area contributed by atoms with Crippen LogP contribution >= 0.6 is 15.9 Å². The molecule has 6 heteroatoms. The molecular weight excluding hydrogens is 314 g/mol. The van der Waals surface area contributed by atoms with Crippen molar-refractivity contribution in [3.8, 4) is 0 Å². The van der Waals surface area contributed by atoms with Crippen LogP contribution in [0.25, 0.3) is 0 Å². The minimum Gasteiger partial charge on any atom is -0.480 e. The molecule has 2 rings (SSSR count). The van der Waals surface area contributed by atoms with E-state index in [1.807, 2.05) is 24.3 Å². The summed E-state index contributed by atoms with van der Waals surface area (Å²) in [5, 5.41) is 9.00. The highest BCUT2D eigenvalue weighted by Crippen LogP contribution is 2.19. The normalized spacial score (nSPS) is 18.4. The Balaban J connectivity index is 1.92. The molecule has 1 saturated heterocycles. The van der Waals surface area contributed by atoms with E-state index in [0.29, 0.717) is 19.4 Å². The average Bonchev–Trinajstić information content (AvgIpc) is 2.85. The topological polar surface area (TPSA) is 66.8 Å². The molecule has 0 aromatic heterocycles. The van der Waals surface area contributed by atoms with Crippen LogP contribution in [0.15, 0.2) is 28.7 Å². The number of carboxylic acids is 1. The number of hydrogen-bond donors (Lipinski definition) is 1. The van der Waals surface area contributed by atoms with Crippen LogP contribution < -0.4 is 0 Å². The minimum atomic E-state index is -0.975. The molecule has 5 nitrogen and oxygen atoms in total. The number of benzene rings is 1. The van der Waals surface area contributed by atoms with Gasteiger partial charge in [0.15, 0.2) is 0 Å². The van der Waals surface area contributed by atoms with Crippen molar-refractivity contribution in [2.24, 2.45) is 0 Å². The zero-order valence-corrected chi connectivity index (χ0v) is 11.8. The Morgan fingerprint density at radius 2 is 2.26 bits per heavy atom. The Bertz CT molecular complexity index is 491. The lowest BCUT2D eigenvalue weighted by Crippen LogP contribution is -2.40. The van der Waals surface area contributed by atoms with E-state index in [4.69, 9.17) is 9.84 Å². The number of hydrogen-bond acceptors (Lipinski definition) is 3. The van der Waals surface area contributed by atoms with Crippen LogP contribution in [0.2, 0.25) is 0 Å². The second-order valence-electron chi connectivity index (χ2n) is 4.37. The van der Waals surface area contributed by atoms with Gasteiger partial charge in [0.05, 0.1) is 0 Å². The standard InChI is InChI=1S/C13H14BrNO4/c14-10-4-1-3-9(7-10)8-19-13(18)15-6-2-5-11(15)12(16)17/h1,3-4,7,11H,2,5-6,8H2,(H,16,17). The second-order valence-corrected chi connectivity index (χ2v) is 5.29. The van der Waals surface area contributed by atoms with Crippen LogP contribution in [-0.2, 0) is 16.1 Å². The van der Waals surface area contributed by atoms with Gasteiger partial charge in [-0.25, -0.2) is 9.59 Å². The minimum absolute atomic E-state index is 0.140. The maximum Gasteiger partial charge on any atom is 0.410 e. The summed E-state index contributed by atoms with van der Waals surface area (Å²) in [4.78, 5) is 24.1. The fourth-order valence-electron chi connectivity index (χ4n) is 2.10. The number of halogens is 1. The van der Waals surface area contributed by atoms with E-state index in [-0.39, 0.29) is 6.61 Å². The summed E-state index contributed by atoms with van der Waals surface area (Å²) in [6.07, 6.45) is 0.620. The van der Waals surface area contributed by atoms with Gasteiger partial charge < -0.3 is 9.84 Å². The molecule has 19 heavy (non-hydrogen) atoms. The first kappa shape index (κ1) is 13.9. The molecule has 1 aliphatic heterocycles. The molecule has 0 saturated carbocycles. The van der Waals surface area contributed by atoms with Crippen molar-refractivity contribution in [2.45, 2.75) is 25.5 Å². The van der Waals surface area contributed by atoms with Gasteiger partial charge in [-0.1, -0.05) is 28.1 Å². The lowest BCUT2D eigenvalue weighted by atomic mass is 10.2. The first-order valence-electron chi connectivity index (χ1n) is 5.98. The number of likely N-dealkylation sites (tertiary alicyclic amines) is 1. The van der Waals surface area contributed by atoms with E-state index < -0.39 is 18.1 Å². The first-order chi connectivity index (χ1) is 9.08. The number of amides is 1. The van der Waals surface area contributed by atoms with Crippen LogP contribution in [0, 0.1) is 0 Å². The number of nitrogens with zero attached hydrogens (tertiary/aromatic N) is 1. The van der Waals surface area contributed by atoms with Gasteiger partial charge in [-0.15, -0.1) is 0 Å². The molecule has 102 valence electrons. The van der Waals surface area contributed by atoms with Gasteiger partial charge in [-0.3, -0.25) is 4.90 Å². The third kappa shape index (κ3) is 3.47. The van der Waals surface area contributed by atoms with Crippen LogP contribution in [-0.4, -0.2) is 34.7 Å². The lowest BCUT2D eigenvalue weighted by Gasteiger charge is -2.20. The number of ether oxygens (including phenoxy) is 1. The third-order valence-corrected chi connectivity index (χ3v) is 3.52. The Morgan fingerprint density at radius 1 is 1.47 bits per heavy atom. The first-order valence-corrected chi connectivity index (χ1v) is 6.78. The second kappa shape index (κ2) is 6.06. The largest absolute Gasteiger partial charge is 0.480 e. The zero-order chi connectivity index (χ0) is 13.8. The highest BCUT2D eigenvalue weighted by molar-refractivity contribution is 9.10. The van der Waals surface area contributed by atoms with Crippen molar-refractivity contribution in [2.75, 3.05) is 6.54 Å². The highest BCUT2D eigenvalue weighted by Gasteiger charge is 2.34. The summed E-state index contributed by atoms with van der Waals surface area (Å²) in [7, 11) is 0. The van der Waals surface area contributed by atoms with Crippen LogP contribution in [0.4, 0.5) is 4.79 Å². The summed E-state index contributed by atoms with van der Waals surface area (Å²) in [5.74, 6) is -0.975. The van der Waals surface area contributed by atoms with Gasteiger partial charge in [-0.2, -0.15) is 0 Å². The van der Waals surface area contributed by atoms with Crippen LogP contribution in [0.5, 0.6) is 0 Å².